The summed E-state index contributed by atoms with van der Waals surface area (Å²) in [5, 5.41) is 8.89. The molecule has 1 N–H and O–H groups in total. The smallest absolute Gasteiger partial charge is 0.305 e. The number of carboxylic acid groups (broad SMARTS) is 1. The van der Waals surface area contributed by atoms with Crippen LogP contribution >= 0.6 is 39.0 Å². The van der Waals surface area contributed by atoms with Crippen LogP contribution in [0.5, 0.6) is 0 Å². The highest BCUT2D eigenvalue weighted by molar-refractivity contribution is 9.11. The molecule has 0 aliphatic carbocycles. The van der Waals surface area contributed by atoms with Crippen LogP contribution < -0.4 is 0 Å². The molecule has 0 saturated carbocycles. The highest BCUT2D eigenvalue weighted by Gasteiger charge is 2.30. The molecule has 1 aromatic heterocycles. The van der Waals surface area contributed by atoms with Gasteiger partial charge in [-0.05, 0) is 28.1 Å². The first-order chi connectivity index (χ1) is 8.58. The van der Waals surface area contributed by atoms with Gasteiger partial charge in [0.25, 0.3) is 5.91 Å². The molecule has 1 atom stereocenters. The zero-order valence-electron chi connectivity index (χ0n) is 9.47. The van der Waals surface area contributed by atoms with Crippen LogP contribution in [0.4, 0.5) is 0 Å². The zero-order chi connectivity index (χ0) is 13.1. The van der Waals surface area contributed by atoms with Gasteiger partial charge in [0, 0.05) is 18.1 Å². The Kier molecular flexibility index (Phi) is 4.69. The monoisotopic (exact) mass is 349 g/mol. The van der Waals surface area contributed by atoms with Crippen LogP contribution in [0.2, 0.25) is 0 Å². The number of rotatable bonds is 3. The van der Waals surface area contributed by atoms with Gasteiger partial charge in [-0.2, -0.15) is 11.8 Å². The molecular weight excluding hydrogens is 338 g/mol. The van der Waals surface area contributed by atoms with E-state index in [4.69, 9.17) is 5.11 Å². The molecule has 98 valence electrons. The minimum absolute atomic E-state index is 0.0191. The van der Waals surface area contributed by atoms with Gasteiger partial charge in [0.05, 0.1) is 21.1 Å². The quantitative estimate of drug-likeness (QED) is 0.910. The Morgan fingerprint density at radius 2 is 2.28 bits per heavy atom. The van der Waals surface area contributed by atoms with Gasteiger partial charge in [-0.3, -0.25) is 9.59 Å². The maximum absolute atomic E-state index is 12.3. The van der Waals surface area contributed by atoms with Crippen molar-refractivity contribution in [3.8, 4) is 0 Å². The lowest BCUT2D eigenvalue weighted by Gasteiger charge is -2.34. The Labute approximate surface area is 121 Å². The lowest BCUT2D eigenvalue weighted by Crippen LogP contribution is -2.46. The van der Waals surface area contributed by atoms with E-state index in [1.165, 1.54) is 11.3 Å². The molecule has 4 nitrogen and oxygen atoms in total. The number of carbonyl (C=O) groups excluding carboxylic acids is 1. The molecule has 0 radical (unpaired) electrons. The molecule has 0 bridgehead atoms. The van der Waals surface area contributed by atoms with Gasteiger partial charge >= 0.3 is 5.97 Å². The second-order valence-electron chi connectivity index (χ2n) is 3.93. The van der Waals surface area contributed by atoms with E-state index < -0.39 is 5.97 Å². The molecule has 1 saturated heterocycles. The third-order valence-electron chi connectivity index (χ3n) is 2.68. The van der Waals surface area contributed by atoms with Crippen molar-refractivity contribution >= 4 is 50.9 Å². The molecular formula is C11H12BrNO3S2. The SMILES string of the molecule is O=C(O)CC1CSCCN1C(=O)c1ccc(Br)s1. The average Bonchev–Trinajstić information content (AvgIpc) is 2.75. The molecule has 7 heteroatoms. The molecule has 0 spiro atoms. The maximum Gasteiger partial charge on any atom is 0.305 e. The van der Waals surface area contributed by atoms with Crippen LogP contribution in [0.15, 0.2) is 15.9 Å². The Morgan fingerprint density at radius 1 is 1.50 bits per heavy atom. The minimum Gasteiger partial charge on any atom is -0.481 e. The number of carboxylic acids is 1. The topological polar surface area (TPSA) is 57.6 Å². The minimum atomic E-state index is -0.854. The lowest BCUT2D eigenvalue weighted by atomic mass is 10.2. The summed E-state index contributed by atoms with van der Waals surface area (Å²) in [5.74, 6) is 0.656. The largest absolute Gasteiger partial charge is 0.481 e. The van der Waals surface area contributed by atoms with Crippen molar-refractivity contribution in [1.82, 2.24) is 4.90 Å². The number of halogens is 1. The molecule has 1 aliphatic rings. The highest BCUT2D eigenvalue weighted by Crippen LogP contribution is 2.26. The van der Waals surface area contributed by atoms with Crippen molar-refractivity contribution in [1.29, 1.82) is 0 Å². The average molecular weight is 350 g/mol. The Bertz CT molecular complexity index is 463. The number of carbonyl (C=O) groups is 2. The molecule has 1 aromatic rings. The van der Waals surface area contributed by atoms with Crippen LogP contribution in [0.3, 0.4) is 0 Å². The van der Waals surface area contributed by atoms with Gasteiger partial charge in [-0.1, -0.05) is 0 Å². The van der Waals surface area contributed by atoms with E-state index >= 15 is 0 Å². The van der Waals surface area contributed by atoms with Crippen molar-refractivity contribution in [2.75, 3.05) is 18.1 Å². The fourth-order valence-corrected chi connectivity index (χ4v) is 4.27. The van der Waals surface area contributed by atoms with Gasteiger partial charge in [-0.15, -0.1) is 11.3 Å². The summed E-state index contributed by atoms with van der Waals surface area (Å²) in [7, 11) is 0. The van der Waals surface area contributed by atoms with E-state index in [0.717, 1.165) is 9.54 Å². The third-order valence-corrected chi connectivity index (χ3v) is 5.39. The maximum atomic E-state index is 12.3. The van der Waals surface area contributed by atoms with Gasteiger partial charge in [-0.25, -0.2) is 0 Å². The van der Waals surface area contributed by atoms with Crippen LogP contribution in [-0.4, -0.2) is 46.0 Å². The van der Waals surface area contributed by atoms with E-state index in [-0.39, 0.29) is 18.4 Å². The first-order valence-corrected chi connectivity index (χ1v) is 8.20. The summed E-state index contributed by atoms with van der Waals surface area (Å²) in [4.78, 5) is 25.5. The van der Waals surface area contributed by atoms with Crippen molar-refractivity contribution in [2.45, 2.75) is 12.5 Å². The van der Waals surface area contributed by atoms with Crippen molar-refractivity contribution < 1.29 is 14.7 Å². The third kappa shape index (κ3) is 3.27. The van der Waals surface area contributed by atoms with Gasteiger partial charge < -0.3 is 10.0 Å². The van der Waals surface area contributed by atoms with E-state index in [2.05, 4.69) is 15.9 Å². The molecule has 1 amide bonds. The number of hydrogen-bond acceptors (Lipinski definition) is 4. The molecule has 2 heterocycles. The zero-order valence-corrected chi connectivity index (χ0v) is 12.7. The van der Waals surface area contributed by atoms with E-state index in [0.29, 0.717) is 17.2 Å². The number of amides is 1. The number of thioether (sulfide) groups is 1. The van der Waals surface area contributed by atoms with E-state index in [1.807, 2.05) is 6.07 Å². The summed E-state index contributed by atoms with van der Waals surface area (Å²) in [6, 6.07) is 3.41. The number of nitrogens with zero attached hydrogens (tertiary/aromatic N) is 1. The molecule has 1 aliphatic heterocycles. The van der Waals surface area contributed by atoms with Crippen molar-refractivity contribution in [3.05, 3.63) is 20.8 Å². The second-order valence-corrected chi connectivity index (χ2v) is 7.54. The predicted molar refractivity (Wildman–Crippen MR) is 76.4 cm³/mol. The molecule has 0 aromatic carbocycles. The van der Waals surface area contributed by atoms with Crippen LogP contribution in [0.1, 0.15) is 16.1 Å². The fraction of sp³-hybridized carbons (Fsp3) is 0.455. The fourth-order valence-electron chi connectivity index (χ4n) is 1.86. The highest BCUT2D eigenvalue weighted by atomic mass is 79.9. The van der Waals surface area contributed by atoms with Crippen molar-refractivity contribution in [2.24, 2.45) is 0 Å². The van der Waals surface area contributed by atoms with E-state index in [9.17, 15) is 9.59 Å². The Hall–Kier alpha value is -0.530. The summed E-state index contributed by atoms with van der Waals surface area (Å²) >= 11 is 6.41. The number of hydrogen-bond donors (Lipinski definition) is 1. The molecule has 2 rings (SSSR count). The lowest BCUT2D eigenvalue weighted by molar-refractivity contribution is -0.138. The molecule has 1 fully saturated rings. The van der Waals surface area contributed by atoms with Gasteiger partial charge in [0.2, 0.25) is 0 Å². The number of aliphatic carboxylic acids is 1. The summed E-state index contributed by atoms with van der Waals surface area (Å²) < 4.78 is 0.909. The van der Waals surface area contributed by atoms with Crippen molar-refractivity contribution in [3.63, 3.8) is 0 Å². The van der Waals surface area contributed by atoms with Crippen LogP contribution in [-0.2, 0) is 4.79 Å². The van der Waals surface area contributed by atoms with Gasteiger partial charge in [0.15, 0.2) is 0 Å². The van der Waals surface area contributed by atoms with Gasteiger partial charge in [0.1, 0.15) is 0 Å². The first kappa shape index (κ1) is 13.9. The normalized spacial score (nSPS) is 19.8. The number of thiophene rings is 1. The predicted octanol–water partition coefficient (Wildman–Crippen LogP) is 2.54. The standard InChI is InChI=1S/C11H12BrNO3S2/c12-9-2-1-8(18-9)11(16)13-3-4-17-6-7(13)5-10(14)15/h1-2,7H,3-6H2,(H,14,15). The van der Waals surface area contributed by atoms with E-state index in [1.54, 1.807) is 22.7 Å². The summed E-state index contributed by atoms with van der Waals surface area (Å²) in [5.41, 5.74) is 0. The molecule has 18 heavy (non-hydrogen) atoms. The second kappa shape index (κ2) is 6.08. The molecule has 1 unspecified atom stereocenters. The Balaban J connectivity index is 2.13. The first-order valence-electron chi connectivity index (χ1n) is 5.44. The summed E-state index contributed by atoms with van der Waals surface area (Å²) in [6.07, 6.45) is 0.0191. The summed E-state index contributed by atoms with van der Waals surface area (Å²) in [6.45, 7) is 0.622. The van der Waals surface area contributed by atoms with Crippen LogP contribution in [0, 0.1) is 0 Å². The Morgan fingerprint density at radius 3 is 2.89 bits per heavy atom. The van der Waals surface area contributed by atoms with Crippen LogP contribution in [0.25, 0.3) is 0 Å².